The molecule has 0 aromatic rings. The number of hydrogen-bond acceptors (Lipinski definition) is 2. The normalized spacial score (nSPS) is 23.3. The summed E-state index contributed by atoms with van der Waals surface area (Å²) >= 11 is 0. The van der Waals surface area contributed by atoms with Gasteiger partial charge in [-0.2, -0.15) is 0 Å². The van der Waals surface area contributed by atoms with Gasteiger partial charge in [-0.25, -0.2) is 4.79 Å². The molecule has 2 N–H and O–H groups in total. The van der Waals surface area contributed by atoms with Crippen LogP contribution in [-0.4, -0.2) is 17.1 Å². The molecule has 0 aromatic heterocycles. The zero-order chi connectivity index (χ0) is 8.43. The lowest BCUT2D eigenvalue weighted by molar-refractivity contribution is -0.132. The number of aliphatic carboxylic acids is 1. The standard InChI is InChI=1S/C8H11NO2/c1-5-6(2)9-4-3-7(5)8(10)11/h3-4,6,9H,1-2H3,(H,10,11). The summed E-state index contributed by atoms with van der Waals surface area (Å²) in [6.45, 7) is 3.76. The molecule has 0 spiro atoms. The molecule has 3 nitrogen and oxygen atoms in total. The fourth-order valence-corrected chi connectivity index (χ4v) is 1.01. The van der Waals surface area contributed by atoms with Gasteiger partial charge in [0.15, 0.2) is 0 Å². The van der Waals surface area contributed by atoms with E-state index in [1.165, 1.54) is 0 Å². The van der Waals surface area contributed by atoms with E-state index >= 15 is 0 Å². The van der Waals surface area contributed by atoms with Gasteiger partial charge in [0.05, 0.1) is 5.57 Å². The molecule has 1 atom stereocenters. The molecule has 1 heterocycles. The van der Waals surface area contributed by atoms with Gasteiger partial charge in [-0.05, 0) is 31.7 Å². The van der Waals surface area contributed by atoms with E-state index in [1.807, 2.05) is 13.8 Å². The quantitative estimate of drug-likeness (QED) is 0.588. The second kappa shape index (κ2) is 2.78. The molecule has 0 aliphatic carbocycles. The Kier molecular flexibility index (Phi) is 1.98. The molecule has 0 amide bonds. The number of hydrogen-bond donors (Lipinski definition) is 2. The van der Waals surface area contributed by atoms with Crippen molar-refractivity contribution in [2.24, 2.45) is 0 Å². The predicted octanol–water partition coefficient (Wildman–Crippen LogP) is 0.893. The molecule has 0 saturated carbocycles. The van der Waals surface area contributed by atoms with E-state index in [9.17, 15) is 4.79 Å². The van der Waals surface area contributed by atoms with E-state index in [2.05, 4.69) is 5.32 Å². The molecule has 1 aliphatic rings. The molecular weight excluding hydrogens is 142 g/mol. The number of carbonyl (C=O) groups is 1. The average Bonchev–Trinajstić information content (AvgIpc) is 1.94. The summed E-state index contributed by atoms with van der Waals surface area (Å²) in [7, 11) is 0. The first-order valence-electron chi connectivity index (χ1n) is 3.49. The van der Waals surface area contributed by atoms with Crippen molar-refractivity contribution in [3.05, 3.63) is 23.4 Å². The summed E-state index contributed by atoms with van der Waals surface area (Å²) in [5, 5.41) is 11.7. The smallest absolute Gasteiger partial charge is 0.335 e. The molecule has 1 rings (SSSR count). The zero-order valence-corrected chi connectivity index (χ0v) is 6.59. The van der Waals surface area contributed by atoms with Crippen molar-refractivity contribution in [2.75, 3.05) is 0 Å². The molecule has 1 aliphatic heterocycles. The molecule has 0 aromatic carbocycles. The minimum absolute atomic E-state index is 0.131. The SMILES string of the molecule is CC1=C(C(=O)O)C=CNC1C. The van der Waals surface area contributed by atoms with E-state index in [-0.39, 0.29) is 6.04 Å². The summed E-state index contributed by atoms with van der Waals surface area (Å²) in [6.07, 6.45) is 3.25. The highest BCUT2D eigenvalue weighted by molar-refractivity contribution is 5.91. The van der Waals surface area contributed by atoms with Crippen molar-refractivity contribution < 1.29 is 9.90 Å². The van der Waals surface area contributed by atoms with Crippen molar-refractivity contribution in [3.63, 3.8) is 0 Å². The van der Waals surface area contributed by atoms with Crippen LogP contribution in [0.5, 0.6) is 0 Å². The number of rotatable bonds is 1. The molecule has 11 heavy (non-hydrogen) atoms. The predicted molar refractivity (Wildman–Crippen MR) is 42.1 cm³/mol. The van der Waals surface area contributed by atoms with E-state index in [1.54, 1.807) is 12.3 Å². The van der Waals surface area contributed by atoms with Crippen molar-refractivity contribution in [3.8, 4) is 0 Å². The molecular formula is C8H11NO2. The molecule has 3 heteroatoms. The van der Waals surface area contributed by atoms with Crippen molar-refractivity contribution in [2.45, 2.75) is 19.9 Å². The maximum Gasteiger partial charge on any atom is 0.335 e. The Morgan fingerprint density at radius 2 is 2.36 bits per heavy atom. The maximum absolute atomic E-state index is 10.6. The van der Waals surface area contributed by atoms with Crippen LogP contribution in [0.3, 0.4) is 0 Å². The average molecular weight is 153 g/mol. The van der Waals surface area contributed by atoms with Gasteiger partial charge < -0.3 is 10.4 Å². The maximum atomic E-state index is 10.6. The number of dihydropyridines is 1. The van der Waals surface area contributed by atoms with Gasteiger partial charge in [0, 0.05) is 6.04 Å². The third-order valence-electron chi connectivity index (χ3n) is 1.90. The molecule has 0 fully saturated rings. The Morgan fingerprint density at radius 1 is 1.73 bits per heavy atom. The van der Waals surface area contributed by atoms with Gasteiger partial charge in [-0.1, -0.05) is 0 Å². The second-order valence-electron chi connectivity index (χ2n) is 2.62. The Balaban J connectivity index is 2.98. The Morgan fingerprint density at radius 3 is 2.82 bits per heavy atom. The highest BCUT2D eigenvalue weighted by Crippen LogP contribution is 2.13. The third-order valence-corrected chi connectivity index (χ3v) is 1.90. The lowest BCUT2D eigenvalue weighted by atomic mass is 10.0. The largest absolute Gasteiger partial charge is 0.478 e. The van der Waals surface area contributed by atoms with Crippen molar-refractivity contribution in [1.82, 2.24) is 5.32 Å². The summed E-state index contributed by atoms with van der Waals surface area (Å²) in [4.78, 5) is 10.6. The van der Waals surface area contributed by atoms with E-state index in [0.29, 0.717) is 5.57 Å². The molecule has 60 valence electrons. The van der Waals surface area contributed by atoms with Crippen molar-refractivity contribution in [1.29, 1.82) is 0 Å². The van der Waals surface area contributed by atoms with Gasteiger partial charge in [-0.15, -0.1) is 0 Å². The monoisotopic (exact) mass is 153 g/mol. The fraction of sp³-hybridized carbons (Fsp3) is 0.375. The van der Waals surface area contributed by atoms with Gasteiger partial charge in [0.2, 0.25) is 0 Å². The van der Waals surface area contributed by atoms with Crippen LogP contribution in [0, 0.1) is 0 Å². The Hall–Kier alpha value is -1.25. The van der Waals surface area contributed by atoms with Crippen LogP contribution in [0.25, 0.3) is 0 Å². The summed E-state index contributed by atoms with van der Waals surface area (Å²) in [6, 6.07) is 0.131. The number of nitrogens with one attached hydrogen (secondary N) is 1. The topological polar surface area (TPSA) is 49.3 Å². The van der Waals surface area contributed by atoms with E-state index < -0.39 is 5.97 Å². The summed E-state index contributed by atoms with van der Waals surface area (Å²) < 4.78 is 0. The van der Waals surface area contributed by atoms with Crippen molar-refractivity contribution >= 4 is 5.97 Å². The number of carboxylic acids is 1. The van der Waals surface area contributed by atoms with Gasteiger partial charge in [0.25, 0.3) is 0 Å². The summed E-state index contributed by atoms with van der Waals surface area (Å²) in [5.74, 6) is -0.855. The van der Waals surface area contributed by atoms with Crippen LogP contribution in [0.4, 0.5) is 0 Å². The highest BCUT2D eigenvalue weighted by Gasteiger charge is 2.15. The first kappa shape index (κ1) is 7.85. The zero-order valence-electron chi connectivity index (χ0n) is 6.59. The minimum atomic E-state index is -0.855. The Bertz CT molecular complexity index is 240. The van der Waals surface area contributed by atoms with Gasteiger partial charge in [-0.3, -0.25) is 0 Å². The second-order valence-corrected chi connectivity index (χ2v) is 2.62. The first-order valence-corrected chi connectivity index (χ1v) is 3.49. The highest BCUT2D eigenvalue weighted by atomic mass is 16.4. The molecule has 1 unspecified atom stereocenters. The van der Waals surface area contributed by atoms with E-state index in [0.717, 1.165) is 5.57 Å². The van der Waals surface area contributed by atoms with Crippen LogP contribution in [0.1, 0.15) is 13.8 Å². The van der Waals surface area contributed by atoms with Gasteiger partial charge in [0.1, 0.15) is 0 Å². The van der Waals surface area contributed by atoms with E-state index in [4.69, 9.17) is 5.11 Å². The number of carboxylic acid groups (broad SMARTS) is 1. The van der Waals surface area contributed by atoms with Gasteiger partial charge >= 0.3 is 5.97 Å². The molecule has 0 radical (unpaired) electrons. The lowest BCUT2D eigenvalue weighted by Crippen LogP contribution is -2.27. The molecule has 0 saturated heterocycles. The fourth-order valence-electron chi connectivity index (χ4n) is 1.01. The van der Waals surface area contributed by atoms with Crippen LogP contribution < -0.4 is 5.32 Å². The van der Waals surface area contributed by atoms with Crippen LogP contribution in [0.15, 0.2) is 23.4 Å². The Labute approximate surface area is 65.4 Å². The summed E-state index contributed by atoms with van der Waals surface area (Å²) in [5.41, 5.74) is 1.27. The first-order chi connectivity index (χ1) is 5.13. The van der Waals surface area contributed by atoms with Crippen LogP contribution in [0.2, 0.25) is 0 Å². The minimum Gasteiger partial charge on any atom is -0.478 e. The lowest BCUT2D eigenvalue weighted by Gasteiger charge is -2.18. The molecule has 0 bridgehead atoms. The van der Waals surface area contributed by atoms with Crippen LogP contribution in [-0.2, 0) is 4.79 Å². The third kappa shape index (κ3) is 1.42. The van der Waals surface area contributed by atoms with Crippen LogP contribution >= 0.6 is 0 Å².